The van der Waals surface area contributed by atoms with Crippen molar-refractivity contribution in [3.05, 3.63) is 50.6 Å². The number of hydrogen-bond acceptors (Lipinski definition) is 3. The highest BCUT2D eigenvalue weighted by molar-refractivity contribution is 9.10. The Balaban J connectivity index is 1.97. The Morgan fingerprint density at radius 1 is 1.26 bits per heavy atom. The molecule has 0 amide bonds. The molecular formula is C15H18BrNOS. The summed E-state index contributed by atoms with van der Waals surface area (Å²) < 4.78 is 6.91. The fraction of sp³-hybridized carbons (Fsp3) is 0.333. The maximum atomic E-state index is 5.79. The van der Waals surface area contributed by atoms with E-state index in [1.54, 1.807) is 11.3 Å². The standard InChI is InChI=1S/C15H18BrNOS/c1-3-14(17-2)11-4-6-12(7-5-11)18-10-15-13(16)8-9-19-15/h4-9,14,17H,3,10H2,1-2H3. The predicted molar refractivity (Wildman–Crippen MR) is 84.9 cm³/mol. The molecular weight excluding hydrogens is 322 g/mol. The summed E-state index contributed by atoms with van der Waals surface area (Å²) in [4.78, 5) is 1.21. The van der Waals surface area contributed by atoms with Gasteiger partial charge >= 0.3 is 0 Å². The number of thiophene rings is 1. The molecule has 1 unspecified atom stereocenters. The number of ether oxygens (including phenoxy) is 1. The molecule has 19 heavy (non-hydrogen) atoms. The van der Waals surface area contributed by atoms with E-state index in [-0.39, 0.29) is 0 Å². The van der Waals surface area contributed by atoms with E-state index >= 15 is 0 Å². The lowest BCUT2D eigenvalue weighted by atomic mass is 10.1. The Labute approximate surface area is 126 Å². The van der Waals surface area contributed by atoms with Crippen LogP contribution in [0.5, 0.6) is 5.75 Å². The first-order valence-corrected chi connectivity index (χ1v) is 8.03. The van der Waals surface area contributed by atoms with Gasteiger partial charge in [-0.25, -0.2) is 0 Å². The lowest BCUT2D eigenvalue weighted by molar-refractivity contribution is 0.309. The van der Waals surface area contributed by atoms with E-state index in [1.807, 2.05) is 25.2 Å². The molecule has 0 aliphatic carbocycles. The van der Waals surface area contributed by atoms with Crippen molar-refractivity contribution < 1.29 is 4.74 Å². The quantitative estimate of drug-likeness (QED) is 0.819. The lowest BCUT2D eigenvalue weighted by Gasteiger charge is -2.14. The average Bonchev–Trinajstić information content (AvgIpc) is 2.85. The normalized spacial score (nSPS) is 12.4. The molecule has 1 aromatic heterocycles. The molecule has 0 spiro atoms. The maximum absolute atomic E-state index is 5.79. The van der Waals surface area contributed by atoms with Crippen LogP contribution >= 0.6 is 27.3 Å². The van der Waals surface area contributed by atoms with Crippen molar-refractivity contribution in [2.45, 2.75) is 26.0 Å². The molecule has 1 N–H and O–H groups in total. The molecule has 1 aromatic carbocycles. The molecule has 4 heteroatoms. The van der Waals surface area contributed by atoms with Crippen LogP contribution < -0.4 is 10.1 Å². The zero-order valence-corrected chi connectivity index (χ0v) is 13.6. The Morgan fingerprint density at radius 3 is 2.53 bits per heavy atom. The molecule has 0 aliphatic heterocycles. The Kier molecular flexibility index (Phi) is 5.43. The summed E-state index contributed by atoms with van der Waals surface area (Å²) in [5, 5.41) is 5.36. The van der Waals surface area contributed by atoms with Crippen molar-refractivity contribution in [2.75, 3.05) is 7.05 Å². The summed E-state index contributed by atoms with van der Waals surface area (Å²) in [5.41, 5.74) is 1.30. The highest BCUT2D eigenvalue weighted by Gasteiger charge is 2.07. The van der Waals surface area contributed by atoms with Gasteiger partial charge in [0.1, 0.15) is 12.4 Å². The van der Waals surface area contributed by atoms with Crippen molar-refractivity contribution in [3.8, 4) is 5.75 Å². The summed E-state index contributed by atoms with van der Waals surface area (Å²) in [5.74, 6) is 0.912. The van der Waals surface area contributed by atoms with Gasteiger partial charge < -0.3 is 10.1 Å². The minimum atomic E-state index is 0.417. The van der Waals surface area contributed by atoms with Gasteiger partial charge in [0.25, 0.3) is 0 Å². The number of hydrogen-bond donors (Lipinski definition) is 1. The van der Waals surface area contributed by atoms with E-state index in [0.29, 0.717) is 12.6 Å². The van der Waals surface area contributed by atoms with Gasteiger partial charge in [-0.15, -0.1) is 11.3 Å². The van der Waals surface area contributed by atoms with Crippen molar-refractivity contribution in [2.24, 2.45) is 0 Å². The van der Waals surface area contributed by atoms with Crippen LogP contribution in [0.2, 0.25) is 0 Å². The monoisotopic (exact) mass is 339 g/mol. The molecule has 0 saturated carbocycles. The highest BCUT2D eigenvalue weighted by Crippen LogP contribution is 2.25. The van der Waals surface area contributed by atoms with Crippen LogP contribution in [0, 0.1) is 0 Å². The van der Waals surface area contributed by atoms with E-state index < -0.39 is 0 Å². The second-order valence-electron chi connectivity index (χ2n) is 4.30. The largest absolute Gasteiger partial charge is 0.488 e. The maximum Gasteiger partial charge on any atom is 0.124 e. The molecule has 0 saturated heterocycles. The van der Waals surface area contributed by atoms with Gasteiger partial charge in [0.05, 0.1) is 4.88 Å². The summed E-state index contributed by atoms with van der Waals surface area (Å²) in [6.07, 6.45) is 1.08. The van der Waals surface area contributed by atoms with Crippen molar-refractivity contribution in [1.82, 2.24) is 5.32 Å². The molecule has 102 valence electrons. The Bertz CT molecular complexity index is 505. The van der Waals surface area contributed by atoms with Crippen LogP contribution in [-0.4, -0.2) is 7.05 Å². The fourth-order valence-electron chi connectivity index (χ4n) is 1.98. The van der Waals surface area contributed by atoms with Gasteiger partial charge in [-0.2, -0.15) is 0 Å². The van der Waals surface area contributed by atoms with E-state index in [0.717, 1.165) is 16.6 Å². The second kappa shape index (κ2) is 7.08. The third-order valence-electron chi connectivity index (χ3n) is 3.10. The van der Waals surface area contributed by atoms with Gasteiger partial charge in [-0.05, 0) is 58.5 Å². The number of rotatable bonds is 6. The van der Waals surface area contributed by atoms with Crippen molar-refractivity contribution in [1.29, 1.82) is 0 Å². The highest BCUT2D eigenvalue weighted by atomic mass is 79.9. The number of benzene rings is 1. The first-order valence-electron chi connectivity index (χ1n) is 6.36. The fourth-order valence-corrected chi connectivity index (χ4v) is 3.36. The summed E-state index contributed by atoms with van der Waals surface area (Å²) in [7, 11) is 1.99. The molecule has 2 rings (SSSR count). The predicted octanol–water partition coefficient (Wildman–Crippen LogP) is 4.76. The van der Waals surface area contributed by atoms with Crippen molar-refractivity contribution >= 4 is 27.3 Å². The van der Waals surface area contributed by atoms with Crippen LogP contribution in [0.4, 0.5) is 0 Å². The molecule has 0 aliphatic rings. The topological polar surface area (TPSA) is 21.3 Å². The molecule has 0 fully saturated rings. The lowest BCUT2D eigenvalue weighted by Crippen LogP contribution is -2.14. The zero-order valence-electron chi connectivity index (χ0n) is 11.2. The van der Waals surface area contributed by atoms with Gasteiger partial charge in [0, 0.05) is 10.5 Å². The Morgan fingerprint density at radius 2 is 2.00 bits per heavy atom. The minimum Gasteiger partial charge on any atom is -0.488 e. The molecule has 1 heterocycles. The second-order valence-corrected chi connectivity index (χ2v) is 6.15. The first kappa shape index (κ1) is 14.6. The summed E-state index contributed by atoms with van der Waals surface area (Å²) in [6.45, 7) is 2.79. The summed E-state index contributed by atoms with van der Waals surface area (Å²) >= 11 is 5.21. The molecule has 1 atom stereocenters. The first-order chi connectivity index (χ1) is 9.24. The zero-order chi connectivity index (χ0) is 13.7. The van der Waals surface area contributed by atoms with Crippen molar-refractivity contribution in [3.63, 3.8) is 0 Å². The van der Waals surface area contributed by atoms with E-state index in [4.69, 9.17) is 4.74 Å². The SMILES string of the molecule is CCC(NC)c1ccc(OCc2sccc2Br)cc1. The van der Waals surface area contributed by atoms with E-state index in [2.05, 4.69) is 45.7 Å². The minimum absolute atomic E-state index is 0.417. The number of halogens is 1. The number of nitrogens with one attached hydrogen (secondary N) is 1. The van der Waals surface area contributed by atoms with Gasteiger partial charge in [-0.1, -0.05) is 19.1 Å². The van der Waals surface area contributed by atoms with Gasteiger partial charge in [0.15, 0.2) is 0 Å². The summed E-state index contributed by atoms with van der Waals surface area (Å²) in [6, 6.07) is 10.8. The van der Waals surface area contributed by atoms with Gasteiger partial charge in [-0.3, -0.25) is 0 Å². The van der Waals surface area contributed by atoms with E-state index in [1.165, 1.54) is 10.4 Å². The average molecular weight is 340 g/mol. The third-order valence-corrected chi connectivity index (χ3v) is 5.00. The smallest absolute Gasteiger partial charge is 0.124 e. The molecule has 0 radical (unpaired) electrons. The van der Waals surface area contributed by atoms with Gasteiger partial charge in [0.2, 0.25) is 0 Å². The Hall–Kier alpha value is -0.840. The van der Waals surface area contributed by atoms with Crippen LogP contribution in [0.15, 0.2) is 40.2 Å². The molecule has 0 bridgehead atoms. The van der Waals surface area contributed by atoms with E-state index in [9.17, 15) is 0 Å². The van der Waals surface area contributed by atoms with Crippen LogP contribution in [0.1, 0.15) is 29.8 Å². The molecule has 2 nitrogen and oxygen atoms in total. The van der Waals surface area contributed by atoms with Crippen LogP contribution in [0.25, 0.3) is 0 Å². The molecule has 2 aromatic rings. The van der Waals surface area contributed by atoms with Crippen LogP contribution in [-0.2, 0) is 6.61 Å². The third kappa shape index (κ3) is 3.81. The van der Waals surface area contributed by atoms with Crippen LogP contribution in [0.3, 0.4) is 0 Å².